The maximum Gasteiger partial charge on any atom is 0.341 e. The maximum atomic E-state index is 13.1. The van der Waals surface area contributed by atoms with Crippen LogP contribution in [0.25, 0.3) is 0 Å². The zero-order valence-corrected chi connectivity index (χ0v) is 19.6. The second-order valence-electron chi connectivity index (χ2n) is 9.31. The predicted octanol–water partition coefficient (Wildman–Crippen LogP) is 0.127. The molecule has 0 aromatic carbocycles. The highest BCUT2D eigenvalue weighted by atomic mass is 16.7. The first kappa shape index (κ1) is 24.4. The Morgan fingerprint density at radius 1 is 1.21 bits per heavy atom. The van der Waals surface area contributed by atoms with Gasteiger partial charge in [0.25, 0.3) is 0 Å². The van der Waals surface area contributed by atoms with E-state index in [-0.39, 0.29) is 17.6 Å². The Hall–Kier alpha value is -2.76. The molecule has 9 unspecified atom stereocenters. The quantitative estimate of drug-likeness (QED) is 0.253. The highest BCUT2D eigenvalue weighted by Gasteiger charge is 2.68. The number of carbonyl (C=O) groups is 4. The molecule has 3 heterocycles. The van der Waals surface area contributed by atoms with Crippen LogP contribution in [-0.4, -0.2) is 83.9 Å². The van der Waals surface area contributed by atoms with E-state index < -0.39 is 77.6 Å². The highest BCUT2D eigenvalue weighted by Crippen LogP contribution is 2.51. The van der Waals surface area contributed by atoms with Gasteiger partial charge in [-0.1, -0.05) is 12.7 Å². The number of hydrogen-bond donors (Lipinski definition) is 1. The molecule has 0 aromatic heterocycles. The Balaban J connectivity index is 1.85. The molecule has 4 aliphatic rings. The van der Waals surface area contributed by atoms with Gasteiger partial charge in [-0.2, -0.15) is 0 Å². The second kappa shape index (κ2) is 8.17. The molecule has 186 valence electrons. The van der Waals surface area contributed by atoms with Crippen molar-refractivity contribution in [2.75, 3.05) is 7.11 Å². The molecule has 0 spiro atoms. The minimum atomic E-state index is -1.49. The number of fused-ring (bicyclic) bond motifs is 3. The molecule has 3 fully saturated rings. The predicted molar refractivity (Wildman–Crippen MR) is 111 cm³/mol. The van der Waals surface area contributed by atoms with Crippen LogP contribution in [0.2, 0.25) is 0 Å². The van der Waals surface area contributed by atoms with Gasteiger partial charge in [0.2, 0.25) is 0 Å². The smallest absolute Gasteiger partial charge is 0.341 e. The first-order valence-corrected chi connectivity index (χ1v) is 10.9. The zero-order valence-electron chi connectivity index (χ0n) is 19.6. The van der Waals surface area contributed by atoms with E-state index in [2.05, 4.69) is 6.58 Å². The topological polar surface area (TPSA) is 150 Å². The lowest BCUT2D eigenvalue weighted by atomic mass is 9.79. The molecule has 3 saturated heterocycles. The fraction of sp³-hybridized carbons (Fsp3) is 0.652. The summed E-state index contributed by atoms with van der Waals surface area (Å²) in [5.74, 6) is -4.22. The van der Waals surface area contributed by atoms with Crippen LogP contribution in [0.4, 0.5) is 0 Å². The lowest BCUT2D eigenvalue weighted by Crippen LogP contribution is -2.50. The van der Waals surface area contributed by atoms with Crippen molar-refractivity contribution in [2.45, 2.75) is 81.9 Å². The Morgan fingerprint density at radius 2 is 1.85 bits per heavy atom. The van der Waals surface area contributed by atoms with Crippen LogP contribution in [-0.2, 0) is 47.6 Å². The number of aliphatic hydroxyl groups excluding tert-OH is 1. The molecular weight excluding hydrogens is 452 g/mol. The van der Waals surface area contributed by atoms with Crippen LogP contribution >= 0.6 is 0 Å². The van der Waals surface area contributed by atoms with Gasteiger partial charge in [0.05, 0.1) is 30.8 Å². The van der Waals surface area contributed by atoms with Gasteiger partial charge in [-0.3, -0.25) is 4.79 Å². The number of hydrogen-bond acceptors (Lipinski definition) is 11. The molecule has 1 aliphatic carbocycles. The highest BCUT2D eigenvalue weighted by molar-refractivity contribution is 5.93. The fourth-order valence-electron chi connectivity index (χ4n) is 4.65. The number of aliphatic hydroxyl groups is 1. The molecule has 0 saturated carbocycles. The molecule has 11 heteroatoms. The third kappa shape index (κ3) is 3.81. The molecule has 0 aromatic rings. The minimum absolute atomic E-state index is 0.0491. The van der Waals surface area contributed by atoms with Crippen molar-refractivity contribution in [2.24, 2.45) is 5.92 Å². The average Bonchev–Trinajstić information content (AvgIpc) is 3.61. The molecule has 9 atom stereocenters. The Kier molecular flexibility index (Phi) is 5.86. The minimum Gasteiger partial charge on any atom is -0.466 e. The largest absolute Gasteiger partial charge is 0.466 e. The Labute approximate surface area is 195 Å². The van der Waals surface area contributed by atoms with E-state index in [0.717, 1.165) is 14.0 Å². The van der Waals surface area contributed by atoms with Gasteiger partial charge >= 0.3 is 23.9 Å². The summed E-state index contributed by atoms with van der Waals surface area (Å²) in [5, 5.41) is 10.8. The van der Waals surface area contributed by atoms with Crippen molar-refractivity contribution in [3.05, 3.63) is 23.8 Å². The van der Waals surface area contributed by atoms with Crippen molar-refractivity contribution in [1.82, 2.24) is 0 Å². The van der Waals surface area contributed by atoms with E-state index in [4.69, 9.17) is 28.4 Å². The number of epoxide rings is 2. The third-order valence-corrected chi connectivity index (χ3v) is 7.13. The van der Waals surface area contributed by atoms with Gasteiger partial charge in [-0.25, -0.2) is 14.4 Å². The normalized spacial score (nSPS) is 42.9. The maximum absolute atomic E-state index is 13.1. The van der Waals surface area contributed by atoms with Crippen molar-refractivity contribution in [1.29, 1.82) is 0 Å². The molecule has 0 radical (unpaired) electrons. The summed E-state index contributed by atoms with van der Waals surface area (Å²) in [6.07, 6.45) is -4.86. The number of esters is 4. The first-order valence-electron chi connectivity index (χ1n) is 10.9. The molecular formula is C23H28O11. The van der Waals surface area contributed by atoms with Crippen molar-refractivity contribution in [3.8, 4) is 0 Å². The van der Waals surface area contributed by atoms with Crippen LogP contribution in [0.15, 0.2) is 23.8 Å². The van der Waals surface area contributed by atoms with Gasteiger partial charge in [-0.05, 0) is 27.2 Å². The van der Waals surface area contributed by atoms with Crippen molar-refractivity contribution >= 4 is 23.9 Å². The summed E-state index contributed by atoms with van der Waals surface area (Å²) in [5.41, 5.74) is -2.55. The molecule has 0 amide bonds. The lowest BCUT2D eigenvalue weighted by molar-refractivity contribution is -0.175. The number of carbonyl (C=O) groups excluding carboxylic acids is 4. The lowest BCUT2D eigenvalue weighted by Gasteiger charge is -2.34. The molecule has 34 heavy (non-hydrogen) atoms. The third-order valence-electron chi connectivity index (χ3n) is 7.13. The Bertz CT molecular complexity index is 985. The molecule has 3 aliphatic heterocycles. The summed E-state index contributed by atoms with van der Waals surface area (Å²) >= 11 is 0. The SMILES string of the molecule is C=C1C(=O)OC2C1C(OC(=O)C1(C)OC1C)C(OC(C)=O)C(C(=O)OC)=CCC(O)C1(C)OC21. The van der Waals surface area contributed by atoms with Crippen LogP contribution < -0.4 is 0 Å². The summed E-state index contributed by atoms with van der Waals surface area (Å²) in [4.78, 5) is 50.5. The van der Waals surface area contributed by atoms with Crippen molar-refractivity contribution in [3.63, 3.8) is 0 Å². The molecule has 4 rings (SSSR count). The molecule has 11 nitrogen and oxygen atoms in total. The number of rotatable bonds is 4. The van der Waals surface area contributed by atoms with Gasteiger partial charge in [0.1, 0.15) is 17.8 Å². The summed E-state index contributed by atoms with van der Waals surface area (Å²) in [6.45, 7) is 9.80. The fourth-order valence-corrected chi connectivity index (χ4v) is 4.65. The monoisotopic (exact) mass is 480 g/mol. The van der Waals surface area contributed by atoms with Crippen LogP contribution in [0.1, 0.15) is 34.1 Å². The van der Waals surface area contributed by atoms with E-state index in [1.165, 1.54) is 13.0 Å². The summed E-state index contributed by atoms with van der Waals surface area (Å²) in [7, 11) is 1.14. The Morgan fingerprint density at radius 3 is 2.41 bits per heavy atom. The van der Waals surface area contributed by atoms with E-state index in [0.29, 0.717) is 0 Å². The van der Waals surface area contributed by atoms with Gasteiger partial charge in [0.15, 0.2) is 17.8 Å². The van der Waals surface area contributed by atoms with E-state index in [9.17, 15) is 24.3 Å². The summed E-state index contributed by atoms with van der Waals surface area (Å²) in [6, 6.07) is 0. The van der Waals surface area contributed by atoms with Gasteiger partial charge in [-0.15, -0.1) is 0 Å². The average molecular weight is 480 g/mol. The van der Waals surface area contributed by atoms with Crippen LogP contribution in [0.3, 0.4) is 0 Å². The van der Waals surface area contributed by atoms with E-state index in [1.54, 1.807) is 13.8 Å². The standard InChI is InChI=1S/C23H28O11/c1-9-14-16(32-21(28)22(4)10(2)33-22)15(30-11(3)24)12(20(27)29-6)7-8-13(25)23(5)18(34-23)17(14)31-19(9)26/h7,10,13-18,25H,1,8H2,2-6H3. The van der Waals surface area contributed by atoms with Crippen LogP contribution in [0.5, 0.6) is 0 Å². The number of methoxy groups -OCH3 is 1. The summed E-state index contributed by atoms with van der Waals surface area (Å²) < 4.78 is 32.8. The number of ether oxygens (including phenoxy) is 6. The first-order chi connectivity index (χ1) is 15.8. The van der Waals surface area contributed by atoms with E-state index in [1.807, 2.05) is 0 Å². The van der Waals surface area contributed by atoms with Gasteiger partial charge < -0.3 is 33.5 Å². The van der Waals surface area contributed by atoms with Gasteiger partial charge in [0, 0.05) is 12.5 Å². The molecule has 0 bridgehead atoms. The zero-order chi connectivity index (χ0) is 25.2. The second-order valence-corrected chi connectivity index (χ2v) is 9.31. The van der Waals surface area contributed by atoms with E-state index >= 15 is 0 Å². The van der Waals surface area contributed by atoms with Crippen LogP contribution in [0, 0.1) is 5.92 Å². The van der Waals surface area contributed by atoms with Crippen molar-refractivity contribution < 1.29 is 52.7 Å². The molecule has 1 N–H and O–H groups in total.